The summed E-state index contributed by atoms with van der Waals surface area (Å²) in [5, 5.41) is 0. The molecule has 0 saturated carbocycles. The minimum atomic E-state index is -3.62. The molecule has 9 heteroatoms. The van der Waals surface area contributed by atoms with Crippen LogP contribution in [0.5, 0.6) is 11.5 Å². The first-order chi connectivity index (χ1) is 13.5. The van der Waals surface area contributed by atoms with E-state index in [9.17, 15) is 13.2 Å². The van der Waals surface area contributed by atoms with Gasteiger partial charge in [0.25, 0.3) is 0 Å². The van der Waals surface area contributed by atoms with Crippen molar-refractivity contribution in [2.24, 2.45) is 0 Å². The molecule has 154 valence electrons. The van der Waals surface area contributed by atoms with Crippen LogP contribution in [0.15, 0.2) is 23.1 Å². The fourth-order valence-corrected chi connectivity index (χ4v) is 5.36. The molecule has 0 unspecified atom stereocenters. The number of piperazine rings is 1. The lowest BCUT2D eigenvalue weighted by molar-refractivity contribution is -0.133. The average Bonchev–Trinajstić information content (AvgIpc) is 2.74. The molecule has 0 atom stereocenters. The molecular weight excluding hydrogens is 382 g/mol. The van der Waals surface area contributed by atoms with Crippen LogP contribution in [0.3, 0.4) is 0 Å². The molecular formula is C19H27N3O5S. The van der Waals surface area contributed by atoms with Crippen LogP contribution in [0.2, 0.25) is 0 Å². The van der Waals surface area contributed by atoms with E-state index in [1.807, 2.05) is 0 Å². The van der Waals surface area contributed by atoms with Gasteiger partial charge in [0, 0.05) is 32.2 Å². The van der Waals surface area contributed by atoms with Crippen LogP contribution in [-0.4, -0.2) is 87.5 Å². The summed E-state index contributed by atoms with van der Waals surface area (Å²) in [5.74, 6) is 1.12. The third-order valence-electron chi connectivity index (χ3n) is 5.55. The smallest absolute Gasteiger partial charge is 0.243 e. The zero-order valence-electron chi connectivity index (χ0n) is 16.0. The summed E-state index contributed by atoms with van der Waals surface area (Å²) in [6.07, 6.45) is 3.53. The van der Waals surface area contributed by atoms with E-state index in [0.29, 0.717) is 57.4 Å². The van der Waals surface area contributed by atoms with Crippen LogP contribution in [0.25, 0.3) is 0 Å². The maximum Gasteiger partial charge on any atom is 0.243 e. The molecule has 8 nitrogen and oxygen atoms in total. The number of piperidine rings is 1. The quantitative estimate of drug-likeness (QED) is 0.731. The van der Waals surface area contributed by atoms with E-state index < -0.39 is 10.0 Å². The molecule has 1 aromatic rings. The minimum Gasteiger partial charge on any atom is -0.486 e. The first-order valence-corrected chi connectivity index (χ1v) is 11.4. The van der Waals surface area contributed by atoms with Crippen molar-refractivity contribution in [1.29, 1.82) is 0 Å². The zero-order chi connectivity index (χ0) is 19.6. The Hall–Kier alpha value is -1.84. The molecule has 0 N–H and O–H groups in total. The maximum atomic E-state index is 13.0. The normalized spacial score (nSPS) is 21.5. The number of carbonyl (C=O) groups is 1. The van der Waals surface area contributed by atoms with Gasteiger partial charge in [-0.15, -0.1) is 0 Å². The number of nitrogens with zero attached hydrogens (tertiary/aromatic N) is 3. The largest absolute Gasteiger partial charge is 0.486 e. The molecule has 1 amide bonds. The standard InChI is InChI=1S/C19H27N3O5S/c23-19(15-20-6-2-1-3-7-20)21-8-10-22(11-9-21)28(24,25)16-4-5-17-18(14-16)27-13-12-26-17/h4-5,14H,1-3,6-13,15H2. The van der Waals surface area contributed by atoms with Crippen LogP contribution >= 0.6 is 0 Å². The van der Waals surface area contributed by atoms with Crippen LogP contribution in [0.4, 0.5) is 0 Å². The van der Waals surface area contributed by atoms with Crippen molar-refractivity contribution in [2.75, 3.05) is 59.0 Å². The first kappa shape index (κ1) is 19.5. The van der Waals surface area contributed by atoms with Crippen molar-refractivity contribution in [3.05, 3.63) is 18.2 Å². The van der Waals surface area contributed by atoms with Gasteiger partial charge in [-0.3, -0.25) is 9.69 Å². The maximum absolute atomic E-state index is 13.0. The number of ether oxygens (including phenoxy) is 2. The molecule has 4 rings (SSSR count). The van der Waals surface area contributed by atoms with Crippen LogP contribution < -0.4 is 9.47 Å². The van der Waals surface area contributed by atoms with Crippen molar-refractivity contribution in [2.45, 2.75) is 24.2 Å². The lowest BCUT2D eigenvalue weighted by Crippen LogP contribution is -2.52. The van der Waals surface area contributed by atoms with E-state index in [-0.39, 0.29) is 10.8 Å². The van der Waals surface area contributed by atoms with Crippen LogP contribution in [0, 0.1) is 0 Å². The van der Waals surface area contributed by atoms with Crippen LogP contribution in [0.1, 0.15) is 19.3 Å². The van der Waals surface area contributed by atoms with Gasteiger partial charge in [0.2, 0.25) is 15.9 Å². The second-order valence-electron chi connectivity index (χ2n) is 7.43. The van der Waals surface area contributed by atoms with Gasteiger partial charge in [0.05, 0.1) is 11.4 Å². The van der Waals surface area contributed by atoms with Crippen molar-refractivity contribution < 1.29 is 22.7 Å². The van der Waals surface area contributed by atoms with Gasteiger partial charge >= 0.3 is 0 Å². The third-order valence-corrected chi connectivity index (χ3v) is 7.44. The SMILES string of the molecule is O=C(CN1CCCCC1)N1CCN(S(=O)(=O)c2ccc3c(c2)OCCO3)CC1. The molecule has 0 spiro atoms. The number of carbonyl (C=O) groups excluding carboxylic acids is 1. The topological polar surface area (TPSA) is 79.4 Å². The summed E-state index contributed by atoms with van der Waals surface area (Å²) in [5.41, 5.74) is 0. The Balaban J connectivity index is 1.36. The lowest BCUT2D eigenvalue weighted by atomic mass is 10.1. The van der Waals surface area contributed by atoms with Gasteiger partial charge < -0.3 is 14.4 Å². The highest BCUT2D eigenvalue weighted by Crippen LogP contribution is 2.33. The Labute approximate surface area is 166 Å². The summed E-state index contributed by atoms with van der Waals surface area (Å²) < 4.78 is 38.4. The summed E-state index contributed by atoms with van der Waals surface area (Å²) in [6, 6.07) is 4.72. The number of fused-ring (bicyclic) bond motifs is 1. The first-order valence-electron chi connectivity index (χ1n) is 9.94. The van der Waals surface area contributed by atoms with Gasteiger partial charge in [-0.2, -0.15) is 4.31 Å². The van der Waals surface area contributed by atoms with E-state index >= 15 is 0 Å². The van der Waals surface area contributed by atoms with Crippen molar-refractivity contribution in [3.8, 4) is 11.5 Å². The summed E-state index contributed by atoms with van der Waals surface area (Å²) in [6.45, 7) is 4.74. The fraction of sp³-hybridized carbons (Fsp3) is 0.632. The van der Waals surface area contributed by atoms with E-state index in [1.165, 1.54) is 16.8 Å². The molecule has 0 aromatic heterocycles. The Morgan fingerprint density at radius 2 is 1.57 bits per heavy atom. The molecule has 0 bridgehead atoms. The molecule has 3 aliphatic heterocycles. The zero-order valence-corrected chi connectivity index (χ0v) is 16.8. The molecule has 3 aliphatic rings. The number of hydrogen-bond donors (Lipinski definition) is 0. The molecule has 0 radical (unpaired) electrons. The van der Waals surface area contributed by atoms with Gasteiger partial charge in [-0.1, -0.05) is 6.42 Å². The van der Waals surface area contributed by atoms with Crippen molar-refractivity contribution in [1.82, 2.24) is 14.1 Å². The predicted octanol–water partition coefficient (Wildman–Crippen LogP) is 0.777. The molecule has 28 heavy (non-hydrogen) atoms. The monoisotopic (exact) mass is 409 g/mol. The van der Waals surface area contributed by atoms with Gasteiger partial charge in [0.1, 0.15) is 13.2 Å². The number of sulfonamides is 1. The number of benzene rings is 1. The Kier molecular flexibility index (Phi) is 5.75. The minimum absolute atomic E-state index is 0.0956. The highest BCUT2D eigenvalue weighted by molar-refractivity contribution is 7.89. The summed E-state index contributed by atoms with van der Waals surface area (Å²) in [7, 11) is -3.62. The summed E-state index contributed by atoms with van der Waals surface area (Å²) >= 11 is 0. The third kappa shape index (κ3) is 4.11. The Morgan fingerprint density at radius 1 is 0.893 bits per heavy atom. The van der Waals surface area contributed by atoms with Crippen LogP contribution in [-0.2, 0) is 14.8 Å². The Bertz CT molecular complexity index is 815. The number of amides is 1. The average molecular weight is 410 g/mol. The van der Waals surface area contributed by atoms with Gasteiger partial charge in [-0.25, -0.2) is 8.42 Å². The summed E-state index contributed by atoms with van der Waals surface area (Å²) in [4.78, 5) is 16.7. The second-order valence-corrected chi connectivity index (χ2v) is 9.37. The van der Waals surface area contributed by atoms with Gasteiger partial charge in [0.15, 0.2) is 11.5 Å². The molecule has 2 saturated heterocycles. The second kappa shape index (κ2) is 8.26. The van der Waals surface area contributed by atoms with E-state index in [4.69, 9.17) is 9.47 Å². The number of likely N-dealkylation sites (tertiary alicyclic amines) is 1. The van der Waals surface area contributed by atoms with E-state index in [1.54, 1.807) is 17.0 Å². The highest BCUT2D eigenvalue weighted by Gasteiger charge is 2.31. The lowest BCUT2D eigenvalue weighted by Gasteiger charge is -2.35. The molecule has 3 heterocycles. The van der Waals surface area contributed by atoms with E-state index in [0.717, 1.165) is 25.9 Å². The molecule has 2 fully saturated rings. The number of rotatable bonds is 4. The highest BCUT2D eigenvalue weighted by atomic mass is 32.2. The van der Waals surface area contributed by atoms with E-state index in [2.05, 4.69) is 4.90 Å². The van der Waals surface area contributed by atoms with Gasteiger partial charge in [-0.05, 0) is 38.1 Å². The molecule has 1 aromatic carbocycles. The predicted molar refractivity (Wildman–Crippen MR) is 103 cm³/mol. The fourth-order valence-electron chi connectivity index (χ4n) is 3.92. The van der Waals surface area contributed by atoms with Crippen molar-refractivity contribution >= 4 is 15.9 Å². The van der Waals surface area contributed by atoms with Crippen molar-refractivity contribution in [3.63, 3.8) is 0 Å². The molecule has 0 aliphatic carbocycles. The number of hydrogen-bond acceptors (Lipinski definition) is 6. The Morgan fingerprint density at radius 3 is 2.29 bits per heavy atom.